The van der Waals surface area contributed by atoms with Crippen molar-refractivity contribution in [2.45, 2.75) is 19.4 Å². The van der Waals surface area contributed by atoms with Crippen LogP contribution in [0, 0.1) is 0 Å². The predicted octanol–water partition coefficient (Wildman–Crippen LogP) is 2.33. The fraction of sp³-hybridized carbons (Fsp3) is 0.333. The van der Waals surface area contributed by atoms with Crippen molar-refractivity contribution in [1.82, 2.24) is 4.98 Å². The molecule has 2 N–H and O–H groups in total. The van der Waals surface area contributed by atoms with Crippen molar-refractivity contribution in [1.29, 1.82) is 0 Å². The topological polar surface area (TPSA) is 74.4 Å². The van der Waals surface area contributed by atoms with Crippen molar-refractivity contribution in [3.8, 4) is 5.75 Å². The molecule has 5 nitrogen and oxygen atoms in total. The highest BCUT2D eigenvalue weighted by Crippen LogP contribution is 2.24. The van der Waals surface area contributed by atoms with Crippen molar-refractivity contribution in [2.24, 2.45) is 5.73 Å². The van der Waals surface area contributed by atoms with E-state index in [4.69, 9.17) is 26.8 Å². The summed E-state index contributed by atoms with van der Waals surface area (Å²) in [5.74, 6) is 0.269. The van der Waals surface area contributed by atoms with Crippen LogP contribution in [-0.2, 0) is 16.0 Å². The lowest BCUT2D eigenvalue weighted by atomic mass is 10.1. The second kappa shape index (κ2) is 6.74. The molecule has 0 saturated carbocycles. The number of carbonyl (C=O) groups is 1. The van der Waals surface area contributed by atoms with E-state index in [1.165, 1.54) is 0 Å². The molecule has 1 atom stereocenters. The van der Waals surface area contributed by atoms with Gasteiger partial charge in [-0.3, -0.25) is 4.79 Å². The van der Waals surface area contributed by atoms with Crippen molar-refractivity contribution < 1.29 is 14.3 Å². The number of nitrogens with zero attached hydrogens (tertiary/aromatic N) is 1. The summed E-state index contributed by atoms with van der Waals surface area (Å²) in [4.78, 5) is 15.9. The number of ether oxygens (including phenoxy) is 2. The Morgan fingerprint density at radius 1 is 1.43 bits per heavy atom. The number of hydrogen-bond donors (Lipinski definition) is 1. The number of aromatic nitrogens is 1. The van der Waals surface area contributed by atoms with Crippen LogP contribution < -0.4 is 10.5 Å². The van der Waals surface area contributed by atoms with Gasteiger partial charge in [0.25, 0.3) is 0 Å². The van der Waals surface area contributed by atoms with Crippen LogP contribution in [0.15, 0.2) is 24.3 Å². The standard InChI is InChI=1S/C15H17ClN2O3/c1-3-21-15(19)12(17)7-10-6-9-4-5-11(20-2)8-13(9)18-14(10)16/h4-6,8,12H,3,7,17H2,1-2H3. The number of nitrogens with two attached hydrogens (primary N) is 1. The van der Waals surface area contributed by atoms with E-state index in [-0.39, 0.29) is 6.42 Å². The summed E-state index contributed by atoms with van der Waals surface area (Å²) in [6.07, 6.45) is 0.284. The molecule has 1 heterocycles. The summed E-state index contributed by atoms with van der Waals surface area (Å²) in [6, 6.07) is 6.66. The summed E-state index contributed by atoms with van der Waals surface area (Å²) in [6.45, 7) is 2.04. The molecule has 0 saturated heterocycles. The van der Waals surface area contributed by atoms with Crippen LogP contribution >= 0.6 is 11.6 Å². The minimum absolute atomic E-state index is 0.284. The molecule has 21 heavy (non-hydrogen) atoms. The second-order valence-electron chi connectivity index (χ2n) is 4.56. The molecule has 0 radical (unpaired) electrons. The van der Waals surface area contributed by atoms with Crippen molar-refractivity contribution in [3.05, 3.63) is 35.0 Å². The van der Waals surface area contributed by atoms with E-state index in [1.54, 1.807) is 20.1 Å². The van der Waals surface area contributed by atoms with Gasteiger partial charge in [0.2, 0.25) is 0 Å². The second-order valence-corrected chi connectivity index (χ2v) is 4.92. The van der Waals surface area contributed by atoms with Gasteiger partial charge < -0.3 is 15.2 Å². The van der Waals surface area contributed by atoms with E-state index < -0.39 is 12.0 Å². The maximum absolute atomic E-state index is 11.6. The molecular weight excluding hydrogens is 292 g/mol. The lowest BCUT2D eigenvalue weighted by Crippen LogP contribution is -2.34. The molecule has 0 aliphatic heterocycles. The number of fused-ring (bicyclic) bond motifs is 1. The molecule has 2 aromatic rings. The van der Waals surface area contributed by atoms with Gasteiger partial charge in [0.05, 0.1) is 19.2 Å². The normalized spacial score (nSPS) is 12.2. The third kappa shape index (κ3) is 3.62. The lowest BCUT2D eigenvalue weighted by Gasteiger charge is -2.12. The zero-order valence-electron chi connectivity index (χ0n) is 11.9. The average Bonchev–Trinajstić information content (AvgIpc) is 2.47. The first-order valence-corrected chi connectivity index (χ1v) is 6.98. The predicted molar refractivity (Wildman–Crippen MR) is 81.6 cm³/mol. The van der Waals surface area contributed by atoms with Gasteiger partial charge in [-0.25, -0.2) is 4.98 Å². The molecule has 2 rings (SSSR count). The number of benzene rings is 1. The molecule has 1 aromatic heterocycles. The van der Waals surface area contributed by atoms with Gasteiger partial charge in [0, 0.05) is 17.9 Å². The summed E-state index contributed by atoms with van der Waals surface area (Å²) in [5, 5.41) is 1.24. The first-order chi connectivity index (χ1) is 10.0. The third-order valence-corrected chi connectivity index (χ3v) is 3.41. The Hall–Kier alpha value is -1.85. The summed E-state index contributed by atoms with van der Waals surface area (Å²) in [5.41, 5.74) is 7.26. The van der Waals surface area contributed by atoms with Gasteiger partial charge in [-0.15, -0.1) is 0 Å². The minimum Gasteiger partial charge on any atom is -0.497 e. The number of methoxy groups -OCH3 is 1. The number of esters is 1. The largest absolute Gasteiger partial charge is 0.497 e. The fourth-order valence-corrected chi connectivity index (χ4v) is 2.23. The molecule has 112 valence electrons. The zero-order valence-corrected chi connectivity index (χ0v) is 12.7. The van der Waals surface area contributed by atoms with Crippen LogP contribution in [0.25, 0.3) is 10.9 Å². The fourth-order valence-electron chi connectivity index (χ4n) is 2.01. The third-order valence-electron chi connectivity index (χ3n) is 3.08. The van der Waals surface area contributed by atoms with Gasteiger partial charge in [0.1, 0.15) is 16.9 Å². The summed E-state index contributed by atoms with van der Waals surface area (Å²) >= 11 is 6.16. The molecule has 1 aromatic carbocycles. The molecule has 1 unspecified atom stereocenters. The van der Waals surface area contributed by atoms with E-state index in [9.17, 15) is 4.79 Å². The Kier molecular flexibility index (Phi) is 4.98. The van der Waals surface area contributed by atoms with Crippen LogP contribution in [0.1, 0.15) is 12.5 Å². The van der Waals surface area contributed by atoms with Crippen LogP contribution in [0.5, 0.6) is 5.75 Å². The number of halogens is 1. The zero-order chi connectivity index (χ0) is 15.4. The molecule has 6 heteroatoms. The Labute approximate surface area is 128 Å². The molecular formula is C15H17ClN2O3. The van der Waals surface area contributed by atoms with Crippen LogP contribution in [-0.4, -0.2) is 30.7 Å². The Morgan fingerprint density at radius 3 is 2.86 bits per heavy atom. The molecule has 0 bridgehead atoms. The molecule has 0 aliphatic rings. The Balaban J connectivity index is 2.28. The van der Waals surface area contributed by atoms with E-state index in [0.29, 0.717) is 17.5 Å². The van der Waals surface area contributed by atoms with Gasteiger partial charge in [-0.1, -0.05) is 11.6 Å². The van der Waals surface area contributed by atoms with Gasteiger partial charge >= 0.3 is 5.97 Å². The van der Waals surface area contributed by atoms with E-state index in [0.717, 1.165) is 16.5 Å². The highest BCUT2D eigenvalue weighted by molar-refractivity contribution is 6.30. The average molecular weight is 309 g/mol. The van der Waals surface area contributed by atoms with E-state index in [1.807, 2.05) is 18.2 Å². The molecule has 0 fully saturated rings. The summed E-state index contributed by atoms with van der Waals surface area (Å²) in [7, 11) is 1.59. The van der Waals surface area contributed by atoms with Gasteiger partial charge in [0.15, 0.2) is 0 Å². The Bertz CT molecular complexity index is 661. The maximum Gasteiger partial charge on any atom is 0.323 e. The smallest absolute Gasteiger partial charge is 0.323 e. The Morgan fingerprint density at radius 2 is 2.19 bits per heavy atom. The molecule has 0 aliphatic carbocycles. The first kappa shape index (κ1) is 15.5. The van der Waals surface area contributed by atoms with Gasteiger partial charge in [-0.2, -0.15) is 0 Å². The highest BCUT2D eigenvalue weighted by Gasteiger charge is 2.17. The van der Waals surface area contributed by atoms with Crippen molar-refractivity contribution in [2.75, 3.05) is 13.7 Å². The minimum atomic E-state index is -0.750. The molecule has 0 amide bonds. The van der Waals surface area contributed by atoms with Crippen molar-refractivity contribution in [3.63, 3.8) is 0 Å². The van der Waals surface area contributed by atoms with Crippen molar-refractivity contribution >= 4 is 28.5 Å². The monoisotopic (exact) mass is 308 g/mol. The van der Waals surface area contributed by atoms with E-state index >= 15 is 0 Å². The number of carbonyl (C=O) groups excluding carboxylic acids is 1. The van der Waals surface area contributed by atoms with E-state index in [2.05, 4.69) is 4.98 Å². The van der Waals surface area contributed by atoms with Crippen LogP contribution in [0.3, 0.4) is 0 Å². The summed E-state index contributed by atoms with van der Waals surface area (Å²) < 4.78 is 10.0. The number of hydrogen-bond acceptors (Lipinski definition) is 5. The lowest BCUT2D eigenvalue weighted by molar-refractivity contribution is -0.144. The highest BCUT2D eigenvalue weighted by atomic mass is 35.5. The van der Waals surface area contributed by atoms with Crippen LogP contribution in [0.2, 0.25) is 5.15 Å². The number of rotatable bonds is 5. The van der Waals surface area contributed by atoms with Gasteiger partial charge in [-0.05, 0) is 30.7 Å². The quantitative estimate of drug-likeness (QED) is 0.678. The van der Waals surface area contributed by atoms with Crippen LogP contribution in [0.4, 0.5) is 0 Å². The SMILES string of the molecule is CCOC(=O)C(N)Cc1cc2ccc(OC)cc2nc1Cl. The number of pyridine rings is 1. The first-order valence-electron chi connectivity index (χ1n) is 6.60. The maximum atomic E-state index is 11.6. The molecule has 0 spiro atoms.